The van der Waals surface area contributed by atoms with E-state index in [0.717, 1.165) is 35.1 Å². The first kappa shape index (κ1) is 12.0. The minimum atomic E-state index is 0.0516. The first-order valence-electron chi connectivity index (χ1n) is 6.51. The molecule has 1 N–H and O–H groups in total. The molecule has 0 aliphatic heterocycles. The molecule has 0 aliphatic carbocycles. The molecule has 0 spiro atoms. The van der Waals surface area contributed by atoms with Crippen LogP contribution in [0.5, 0.6) is 0 Å². The van der Waals surface area contributed by atoms with Gasteiger partial charge in [-0.2, -0.15) is 0 Å². The normalized spacial score (nSPS) is 11.0. The molecule has 1 heterocycles. The molecule has 0 atom stereocenters. The number of benzene rings is 2. The highest BCUT2D eigenvalue weighted by atomic mass is 16.3. The number of hydrogen-bond acceptors (Lipinski definition) is 2. The van der Waals surface area contributed by atoms with E-state index in [1.807, 2.05) is 24.3 Å². The summed E-state index contributed by atoms with van der Waals surface area (Å²) in [5, 5.41) is 10.2. The Morgan fingerprint density at radius 1 is 0.842 bits per heavy atom. The van der Waals surface area contributed by atoms with Crippen molar-refractivity contribution in [1.29, 1.82) is 0 Å². The minimum Gasteiger partial charge on any atom is -0.461 e. The quantitative estimate of drug-likeness (QED) is 0.768. The van der Waals surface area contributed by atoms with Crippen LogP contribution in [0.4, 0.5) is 0 Å². The van der Waals surface area contributed by atoms with Gasteiger partial charge >= 0.3 is 0 Å². The van der Waals surface area contributed by atoms with Gasteiger partial charge in [0, 0.05) is 11.8 Å². The van der Waals surface area contributed by atoms with E-state index in [4.69, 9.17) is 9.52 Å². The molecule has 2 nitrogen and oxygen atoms in total. The lowest BCUT2D eigenvalue weighted by Gasteiger charge is -1.98. The van der Waals surface area contributed by atoms with Gasteiger partial charge in [-0.05, 0) is 29.7 Å². The standard InChI is InChI=1S/C17H16O2/c18-12-14-6-8-15-11-16(19-17(15)10-14)9-7-13-4-2-1-3-5-13/h1-6,8,10-11,18H,7,9,12H2. The lowest BCUT2D eigenvalue weighted by Crippen LogP contribution is -1.88. The van der Waals surface area contributed by atoms with Crippen molar-refractivity contribution in [3.8, 4) is 0 Å². The van der Waals surface area contributed by atoms with Crippen LogP contribution < -0.4 is 0 Å². The number of furan rings is 1. The average Bonchev–Trinajstić information content (AvgIpc) is 2.88. The third-order valence-corrected chi connectivity index (χ3v) is 3.32. The Balaban J connectivity index is 1.78. The highest BCUT2D eigenvalue weighted by Crippen LogP contribution is 2.22. The number of rotatable bonds is 4. The second-order valence-electron chi connectivity index (χ2n) is 4.73. The largest absolute Gasteiger partial charge is 0.461 e. The van der Waals surface area contributed by atoms with Gasteiger partial charge in [0.1, 0.15) is 11.3 Å². The van der Waals surface area contributed by atoms with E-state index in [9.17, 15) is 0 Å². The summed E-state index contributed by atoms with van der Waals surface area (Å²) < 4.78 is 5.82. The Morgan fingerprint density at radius 3 is 2.47 bits per heavy atom. The lowest BCUT2D eigenvalue weighted by molar-refractivity contribution is 0.282. The summed E-state index contributed by atoms with van der Waals surface area (Å²) in [6.07, 6.45) is 1.88. The fraction of sp³-hybridized carbons (Fsp3) is 0.176. The van der Waals surface area contributed by atoms with E-state index in [1.165, 1.54) is 5.56 Å². The van der Waals surface area contributed by atoms with Crippen LogP contribution in [0, 0.1) is 0 Å². The van der Waals surface area contributed by atoms with Crippen LogP contribution in [0.3, 0.4) is 0 Å². The molecule has 19 heavy (non-hydrogen) atoms. The smallest absolute Gasteiger partial charge is 0.134 e. The molecule has 0 unspecified atom stereocenters. The van der Waals surface area contributed by atoms with Crippen LogP contribution >= 0.6 is 0 Å². The van der Waals surface area contributed by atoms with E-state index in [1.54, 1.807) is 0 Å². The van der Waals surface area contributed by atoms with Crippen molar-refractivity contribution in [2.75, 3.05) is 0 Å². The van der Waals surface area contributed by atoms with Gasteiger partial charge in [0.15, 0.2) is 0 Å². The maximum atomic E-state index is 9.11. The molecular formula is C17H16O2. The Morgan fingerprint density at radius 2 is 1.68 bits per heavy atom. The highest BCUT2D eigenvalue weighted by molar-refractivity contribution is 5.78. The lowest BCUT2D eigenvalue weighted by atomic mass is 10.1. The highest BCUT2D eigenvalue weighted by Gasteiger charge is 2.05. The Labute approximate surface area is 112 Å². The van der Waals surface area contributed by atoms with Crippen molar-refractivity contribution in [1.82, 2.24) is 0 Å². The van der Waals surface area contributed by atoms with Gasteiger partial charge in [-0.25, -0.2) is 0 Å². The van der Waals surface area contributed by atoms with E-state index >= 15 is 0 Å². The predicted octanol–water partition coefficient (Wildman–Crippen LogP) is 3.71. The molecular weight excluding hydrogens is 236 g/mol. The van der Waals surface area contributed by atoms with Gasteiger partial charge < -0.3 is 9.52 Å². The zero-order valence-corrected chi connectivity index (χ0v) is 10.7. The third-order valence-electron chi connectivity index (χ3n) is 3.32. The fourth-order valence-electron chi connectivity index (χ4n) is 2.26. The predicted molar refractivity (Wildman–Crippen MR) is 76.0 cm³/mol. The number of aliphatic hydroxyl groups excluding tert-OH is 1. The number of aryl methyl sites for hydroxylation is 2. The maximum Gasteiger partial charge on any atom is 0.134 e. The number of aliphatic hydroxyl groups is 1. The fourth-order valence-corrected chi connectivity index (χ4v) is 2.26. The number of hydrogen-bond donors (Lipinski definition) is 1. The van der Waals surface area contributed by atoms with Crippen LogP contribution in [-0.2, 0) is 19.4 Å². The van der Waals surface area contributed by atoms with Crippen molar-refractivity contribution < 1.29 is 9.52 Å². The van der Waals surface area contributed by atoms with Crippen LogP contribution in [-0.4, -0.2) is 5.11 Å². The molecule has 2 aromatic carbocycles. The Kier molecular flexibility index (Phi) is 3.34. The minimum absolute atomic E-state index is 0.0516. The topological polar surface area (TPSA) is 33.4 Å². The zero-order chi connectivity index (χ0) is 13.1. The summed E-state index contributed by atoms with van der Waals surface area (Å²) in [6, 6.07) is 18.3. The maximum absolute atomic E-state index is 9.11. The molecule has 1 aromatic heterocycles. The summed E-state index contributed by atoms with van der Waals surface area (Å²) in [6.45, 7) is 0.0516. The monoisotopic (exact) mass is 252 g/mol. The first-order valence-corrected chi connectivity index (χ1v) is 6.51. The Hall–Kier alpha value is -2.06. The summed E-state index contributed by atoms with van der Waals surface area (Å²) in [7, 11) is 0. The second kappa shape index (κ2) is 5.29. The van der Waals surface area contributed by atoms with Gasteiger partial charge in [-0.3, -0.25) is 0 Å². The van der Waals surface area contributed by atoms with Crippen LogP contribution in [0.15, 0.2) is 59.0 Å². The van der Waals surface area contributed by atoms with Crippen LogP contribution in [0.2, 0.25) is 0 Å². The summed E-state index contributed by atoms with van der Waals surface area (Å²) in [4.78, 5) is 0. The van der Waals surface area contributed by atoms with Crippen molar-refractivity contribution in [3.05, 3.63) is 71.5 Å². The molecule has 2 heteroatoms. The van der Waals surface area contributed by atoms with E-state index in [-0.39, 0.29) is 6.61 Å². The molecule has 0 radical (unpaired) electrons. The van der Waals surface area contributed by atoms with Crippen molar-refractivity contribution in [3.63, 3.8) is 0 Å². The molecule has 0 bridgehead atoms. The molecule has 0 saturated heterocycles. The molecule has 0 aliphatic rings. The molecule has 3 aromatic rings. The van der Waals surface area contributed by atoms with E-state index < -0.39 is 0 Å². The third kappa shape index (κ3) is 2.69. The van der Waals surface area contributed by atoms with Gasteiger partial charge in [0.05, 0.1) is 6.61 Å². The molecule has 0 amide bonds. The van der Waals surface area contributed by atoms with Gasteiger partial charge in [0.25, 0.3) is 0 Å². The molecule has 96 valence electrons. The second-order valence-corrected chi connectivity index (χ2v) is 4.73. The summed E-state index contributed by atoms with van der Waals surface area (Å²) in [5.41, 5.74) is 3.06. The summed E-state index contributed by atoms with van der Waals surface area (Å²) in [5.74, 6) is 0.994. The van der Waals surface area contributed by atoms with Crippen molar-refractivity contribution in [2.45, 2.75) is 19.4 Å². The Bertz CT molecular complexity index is 668. The molecule has 3 rings (SSSR count). The van der Waals surface area contributed by atoms with Gasteiger partial charge in [-0.1, -0.05) is 42.5 Å². The SMILES string of the molecule is OCc1ccc2cc(CCc3ccccc3)oc2c1. The number of fused-ring (bicyclic) bond motifs is 1. The van der Waals surface area contributed by atoms with Gasteiger partial charge in [0.2, 0.25) is 0 Å². The van der Waals surface area contributed by atoms with Crippen molar-refractivity contribution >= 4 is 11.0 Å². The van der Waals surface area contributed by atoms with E-state index in [0.29, 0.717) is 0 Å². The first-order chi connectivity index (χ1) is 9.35. The zero-order valence-electron chi connectivity index (χ0n) is 10.7. The van der Waals surface area contributed by atoms with Gasteiger partial charge in [-0.15, -0.1) is 0 Å². The van der Waals surface area contributed by atoms with Crippen LogP contribution in [0.1, 0.15) is 16.9 Å². The summed E-state index contributed by atoms with van der Waals surface area (Å²) >= 11 is 0. The molecule has 0 saturated carbocycles. The van der Waals surface area contributed by atoms with E-state index in [2.05, 4.69) is 30.3 Å². The average molecular weight is 252 g/mol. The van der Waals surface area contributed by atoms with Crippen LogP contribution in [0.25, 0.3) is 11.0 Å². The van der Waals surface area contributed by atoms with Crippen molar-refractivity contribution in [2.24, 2.45) is 0 Å². The molecule has 0 fully saturated rings.